The second kappa shape index (κ2) is 5.61. The van der Waals surface area contributed by atoms with E-state index in [0.29, 0.717) is 0 Å². The summed E-state index contributed by atoms with van der Waals surface area (Å²) in [6, 6.07) is -1.23. The summed E-state index contributed by atoms with van der Waals surface area (Å²) in [6.07, 6.45) is -0.450. The Kier molecular flexibility index (Phi) is 5.18. The SMILES string of the molecule is CC(=O)N[C@@H](CC[P+](=O)[O-])C(=O)[O-]. The predicted molar refractivity (Wildman–Crippen MR) is 39.7 cm³/mol. The number of hydrogen-bond acceptors (Lipinski definition) is 5. The molecule has 0 heterocycles. The first-order chi connectivity index (χ1) is 5.93. The van der Waals surface area contributed by atoms with E-state index in [9.17, 15) is 24.2 Å². The minimum Gasteiger partial charge on any atom is -0.596 e. The molecular weight excluding hydrogens is 197 g/mol. The molecule has 0 aromatic carbocycles. The third kappa shape index (κ3) is 6.19. The highest BCUT2D eigenvalue weighted by molar-refractivity contribution is 7.36. The molecule has 1 amide bonds. The van der Waals surface area contributed by atoms with E-state index in [0.717, 1.165) is 6.92 Å². The van der Waals surface area contributed by atoms with Gasteiger partial charge in [-0.1, -0.05) is 4.57 Å². The number of carbonyl (C=O) groups excluding carboxylic acids is 2. The zero-order valence-corrected chi connectivity index (χ0v) is 7.87. The molecule has 13 heavy (non-hydrogen) atoms. The number of hydrogen-bond donors (Lipinski definition) is 1. The zero-order chi connectivity index (χ0) is 10.4. The highest BCUT2D eigenvalue weighted by Crippen LogP contribution is 2.09. The van der Waals surface area contributed by atoms with Crippen molar-refractivity contribution in [1.82, 2.24) is 5.32 Å². The van der Waals surface area contributed by atoms with Crippen molar-refractivity contribution in [2.75, 3.05) is 6.16 Å². The number of aliphatic carboxylic acids is 1. The van der Waals surface area contributed by atoms with Crippen molar-refractivity contribution in [3.63, 3.8) is 0 Å². The van der Waals surface area contributed by atoms with E-state index in [-0.39, 0.29) is 12.6 Å². The van der Waals surface area contributed by atoms with Crippen molar-refractivity contribution in [3.05, 3.63) is 0 Å². The quantitative estimate of drug-likeness (QED) is 0.510. The fourth-order valence-corrected chi connectivity index (χ4v) is 1.20. The molecule has 0 aliphatic carbocycles. The minimum absolute atomic E-state index is 0.166. The fourth-order valence-electron chi connectivity index (χ4n) is 0.729. The highest BCUT2D eigenvalue weighted by atomic mass is 31.1. The molecule has 2 atom stereocenters. The Morgan fingerprint density at radius 2 is 2.08 bits per heavy atom. The van der Waals surface area contributed by atoms with Gasteiger partial charge in [-0.25, -0.2) is 0 Å². The molecule has 0 saturated heterocycles. The number of carboxylic acids is 1. The van der Waals surface area contributed by atoms with Crippen molar-refractivity contribution < 1.29 is 24.2 Å². The molecule has 6 nitrogen and oxygen atoms in total. The van der Waals surface area contributed by atoms with E-state index in [1.807, 2.05) is 0 Å². The standard InChI is InChI=1S/C6H10NO5P/c1-4(8)7-5(6(9)10)2-3-13(11)12/h5H,2-3H2,1H3,(H,7,8)(H,9,10)/p-1/t5-/m0/s1. The molecule has 0 bridgehead atoms. The Labute approximate surface area is 75.8 Å². The minimum atomic E-state index is -2.63. The number of amides is 1. The summed E-state index contributed by atoms with van der Waals surface area (Å²) < 4.78 is 10.1. The number of nitrogens with one attached hydrogen (secondary N) is 1. The van der Waals surface area contributed by atoms with Crippen LogP contribution < -0.4 is 15.3 Å². The maximum absolute atomic E-state index is 10.5. The Bertz CT molecular complexity index is 229. The summed E-state index contributed by atoms with van der Waals surface area (Å²) in [5, 5.41) is 12.4. The van der Waals surface area contributed by atoms with Gasteiger partial charge in [0.15, 0.2) is 0 Å². The van der Waals surface area contributed by atoms with Crippen LogP contribution in [0.15, 0.2) is 0 Å². The Hall–Kier alpha value is -1.00. The Morgan fingerprint density at radius 3 is 2.38 bits per heavy atom. The normalized spacial score (nSPS) is 13.2. The lowest BCUT2D eigenvalue weighted by atomic mass is 10.2. The van der Waals surface area contributed by atoms with Gasteiger partial charge in [-0.05, 0) is 0 Å². The van der Waals surface area contributed by atoms with Gasteiger partial charge in [-0.2, -0.15) is 0 Å². The van der Waals surface area contributed by atoms with Gasteiger partial charge < -0.3 is 20.1 Å². The smallest absolute Gasteiger partial charge is 0.308 e. The summed E-state index contributed by atoms with van der Waals surface area (Å²) in [6.45, 7) is 1.15. The lowest BCUT2D eigenvalue weighted by Crippen LogP contribution is -2.47. The van der Waals surface area contributed by atoms with Gasteiger partial charge in [0.25, 0.3) is 0 Å². The Morgan fingerprint density at radius 1 is 1.54 bits per heavy atom. The van der Waals surface area contributed by atoms with Gasteiger partial charge in [-0.15, -0.1) is 0 Å². The molecule has 1 N–H and O–H groups in total. The lowest BCUT2D eigenvalue weighted by Gasteiger charge is -2.16. The summed E-state index contributed by atoms with van der Waals surface area (Å²) in [4.78, 5) is 30.9. The van der Waals surface area contributed by atoms with Gasteiger partial charge in [-0.3, -0.25) is 4.79 Å². The molecule has 0 fully saturated rings. The molecule has 0 aromatic heterocycles. The van der Waals surface area contributed by atoms with Crippen LogP contribution in [0.1, 0.15) is 13.3 Å². The summed E-state index contributed by atoms with van der Waals surface area (Å²) in [7, 11) is -2.63. The van der Waals surface area contributed by atoms with Crippen LogP contribution in [0, 0.1) is 0 Å². The van der Waals surface area contributed by atoms with Crippen molar-refractivity contribution in [2.45, 2.75) is 19.4 Å². The molecular formula is C6H9NO5P-. The van der Waals surface area contributed by atoms with Crippen LogP contribution in [-0.4, -0.2) is 24.1 Å². The Balaban J connectivity index is 4.02. The third-order valence-corrected chi connectivity index (χ3v) is 1.89. The van der Waals surface area contributed by atoms with E-state index < -0.39 is 25.9 Å². The molecule has 74 valence electrons. The van der Waals surface area contributed by atoms with Gasteiger partial charge >= 0.3 is 8.03 Å². The molecule has 7 heteroatoms. The first-order valence-electron chi connectivity index (χ1n) is 3.53. The van der Waals surface area contributed by atoms with Crippen LogP contribution in [0.25, 0.3) is 0 Å². The number of rotatable bonds is 5. The summed E-state index contributed by atoms with van der Waals surface area (Å²) >= 11 is 0. The molecule has 1 unspecified atom stereocenters. The van der Waals surface area contributed by atoms with Crippen LogP contribution in [0.4, 0.5) is 0 Å². The molecule has 0 radical (unpaired) electrons. The molecule has 0 aliphatic heterocycles. The molecule has 0 spiro atoms. The van der Waals surface area contributed by atoms with Gasteiger partial charge in [0.1, 0.15) is 6.16 Å². The maximum atomic E-state index is 10.5. The molecule has 0 aliphatic rings. The number of carboxylic acid groups (broad SMARTS) is 1. The fraction of sp³-hybridized carbons (Fsp3) is 0.667. The second-order valence-corrected chi connectivity index (χ2v) is 3.53. The average Bonchev–Trinajstić information content (AvgIpc) is 1.96. The topological polar surface area (TPSA) is 109 Å². The average molecular weight is 206 g/mol. The summed E-state index contributed by atoms with van der Waals surface area (Å²) in [5.41, 5.74) is 0. The first-order valence-corrected chi connectivity index (χ1v) is 4.89. The molecule has 0 saturated carbocycles. The lowest BCUT2D eigenvalue weighted by molar-refractivity contribution is -0.308. The van der Waals surface area contributed by atoms with Crippen LogP contribution >= 0.6 is 8.03 Å². The van der Waals surface area contributed by atoms with Crippen molar-refractivity contribution in [2.24, 2.45) is 0 Å². The number of carbonyl (C=O) groups is 2. The van der Waals surface area contributed by atoms with Crippen LogP contribution in [-0.2, 0) is 14.2 Å². The second-order valence-electron chi connectivity index (χ2n) is 2.42. The monoisotopic (exact) mass is 206 g/mol. The first kappa shape index (κ1) is 12.0. The zero-order valence-electron chi connectivity index (χ0n) is 6.98. The summed E-state index contributed by atoms with van der Waals surface area (Å²) in [5.74, 6) is -2.01. The molecule has 0 rings (SSSR count). The van der Waals surface area contributed by atoms with Crippen LogP contribution in [0.2, 0.25) is 0 Å². The largest absolute Gasteiger partial charge is 0.596 e. The van der Waals surface area contributed by atoms with E-state index in [1.165, 1.54) is 0 Å². The van der Waals surface area contributed by atoms with Crippen molar-refractivity contribution >= 4 is 19.9 Å². The van der Waals surface area contributed by atoms with Gasteiger partial charge in [0.2, 0.25) is 5.91 Å². The highest BCUT2D eigenvalue weighted by Gasteiger charge is 2.14. The van der Waals surface area contributed by atoms with Gasteiger partial charge in [0, 0.05) is 13.3 Å². The van der Waals surface area contributed by atoms with E-state index in [4.69, 9.17) is 0 Å². The maximum Gasteiger partial charge on any atom is 0.308 e. The van der Waals surface area contributed by atoms with Crippen molar-refractivity contribution in [3.8, 4) is 0 Å². The molecule has 0 aromatic rings. The van der Waals surface area contributed by atoms with Crippen molar-refractivity contribution in [1.29, 1.82) is 0 Å². The van der Waals surface area contributed by atoms with E-state index in [1.54, 1.807) is 0 Å². The van der Waals surface area contributed by atoms with Gasteiger partial charge in [0.05, 0.1) is 12.0 Å². The van der Waals surface area contributed by atoms with Crippen LogP contribution in [0.5, 0.6) is 0 Å². The van der Waals surface area contributed by atoms with Crippen LogP contribution in [0.3, 0.4) is 0 Å². The predicted octanol–water partition coefficient (Wildman–Crippen LogP) is -2.27. The van der Waals surface area contributed by atoms with E-state index in [2.05, 4.69) is 5.32 Å². The third-order valence-electron chi connectivity index (χ3n) is 1.26. The van der Waals surface area contributed by atoms with E-state index >= 15 is 0 Å².